The summed E-state index contributed by atoms with van der Waals surface area (Å²) in [6, 6.07) is 6.81. The number of methoxy groups -OCH3 is 2. The summed E-state index contributed by atoms with van der Waals surface area (Å²) >= 11 is 0. The molecule has 0 saturated heterocycles. The number of cyclic esters (lactones) is 1. The molecule has 2 aromatic carbocycles. The van der Waals surface area contributed by atoms with Crippen LogP contribution < -0.4 is 14.2 Å². The quantitative estimate of drug-likeness (QED) is 0.438. The Morgan fingerprint density at radius 1 is 1.03 bits per heavy atom. The van der Waals surface area contributed by atoms with Gasteiger partial charge in [-0.25, -0.2) is 4.79 Å². The third-order valence-corrected chi connectivity index (χ3v) is 6.79. The molecule has 0 aromatic heterocycles. The number of allylic oxidation sites excluding steroid dienone is 1. The number of esters is 2. The summed E-state index contributed by atoms with van der Waals surface area (Å²) in [7, 11) is 3.06. The molecule has 2 atom stereocenters. The molecular formula is C29H32O8. The van der Waals surface area contributed by atoms with Crippen LogP contribution in [0.5, 0.6) is 23.0 Å². The first-order chi connectivity index (χ1) is 17.8. The molecule has 1 unspecified atom stereocenters. The average Bonchev–Trinajstić information content (AvgIpc) is 2.86. The second-order valence-corrected chi connectivity index (χ2v) is 9.38. The highest BCUT2D eigenvalue weighted by atomic mass is 16.5. The number of fused-ring (bicyclic) bond motifs is 2. The van der Waals surface area contributed by atoms with Gasteiger partial charge in [0.05, 0.1) is 26.7 Å². The van der Waals surface area contributed by atoms with Crippen LogP contribution in [0.3, 0.4) is 0 Å². The highest BCUT2D eigenvalue weighted by Gasteiger charge is 2.36. The zero-order chi connectivity index (χ0) is 26.5. The molecule has 2 heterocycles. The summed E-state index contributed by atoms with van der Waals surface area (Å²) in [5.41, 5.74) is 1.38. The Hall–Kier alpha value is -3.81. The van der Waals surface area contributed by atoms with Crippen LogP contribution >= 0.6 is 0 Å². The number of ketones is 1. The number of hydrogen-bond acceptors (Lipinski definition) is 8. The lowest BCUT2D eigenvalue weighted by molar-refractivity contribution is -0.135. The van der Waals surface area contributed by atoms with Gasteiger partial charge in [-0.3, -0.25) is 9.59 Å². The van der Waals surface area contributed by atoms with E-state index in [0.29, 0.717) is 66.7 Å². The Balaban J connectivity index is 1.84. The molecule has 0 saturated carbocycles. The zero-order valence-electron chi connectivity index (χ0n) is 21.4. The second-order valence-electron chi connectivity index (χ2n) is 9.38. The molecule has 0 bridgehead atoms. The lowest BCUT2D eigenvalue weighted by Gasteiger charge is -2.28. The van der Waals surface area contributed by atoms with E-state index in [4.69, 9.17) is 18.9 Å². The van der Waals surface area contributed by atoms with Crippen molar-refractivity contribution in [1.29, 1.82) is 0 Å². The van der Waals surface area contributed by atoms with Crippen molar-refractivity contribution in [3.05, 3.63) is 52.6 Å². The number of phenolic OH excluding ortho intramolecular Hbond substituents is 1. The third-order valence-electron chi connectivity index (χ3n) is 6.79. The Kier molecular flexibility index (Phi) is 8.16. The molecule has 2 aliphatic heterocycles. The fraction of sp³-hybridized carbons (Fsp3) is 0.414. The van der Waals surface area contributed by atoms with E-state index in [0.717, 1.165) is 0 Å². The first-order valence-corrected chi connectivity index (χ1v) is 12.5. The zero-order valence-corrected chi connectivity index (χ0v) is 21.4. The van der Waals surface area contributed by atoms with Gasteiger partial charge in [0.15, 0.2) is 0 Å². The maximum Gasteiger partial charge on any atom is 0.342 e. The number of carbonyl (C=O) groups is 3. The van der Waals surface area contributed by atoms with Crippen molar-refractivity contribution >= 4 is 23.8 Å². The van der Waals surface area contributed by atoms with E-state index in [1.54, 1.807) is 44.4 Å². The number of rotatable bonds is 3. The van der Waals surface area contributed by atoms with Crippen molar-refractivity contribution in [2.24, 2.45) is 0 Å². The molecule has 1 N–H and O–H groups in total. The van der Waals surface area contributed by atoms with E-state index in [2.05, 4.69) is 0 Å². The minimum Gasteiger partial charge on any atom is -0.507 e. The van der Waals surface area contributed by atoms with Gasteiger partial charge in [-0.05, 0) is 50.3 Å². The molecule has 196 valence electrons. The molecule has 4 rings (SSSR count). The second kappa shape index (κ2) is 11.5. The van der Waals surface area contributed by atoms with Gasteiger partial charge < -0.3 is 24.1 Å². The minimum absolute atomic E-state index is 0.0189. The van der Waals surface area contributed by atoms with Gasteiger partial charge in [0, 0.05) is 36.0 Å². The van der Waals surface area contributed by atoms with Gasteiger partial charge in [0.25, 0.3) is 0 Å². The van der Waals surface area contributed by atoms with Crippen LogP contribution in [-0.2, 0) is 14.3 Å². The predicted molar refractivity (Wildman–Crippen MR) is 136 cm³/mol. The van der Waals surface area contributed by atoms with Crippen molar-refractivity contribution < 1.29 is 38.4 Å². The average molecular weight is 509 g/mol. The van der Waals surface area contributed by atoms with Crippen LogP contribution in [0.2, 0.25) is 0 Å². The first kappa shape index (κ1) is 26.3. The largest absolute Gasteiger partial charge is 0.507 e. The summed E-state index contributed by atoms with van der Waals surface area (Å²) in [4.78, 5) is 38.0. The SMILES string of the molecule is COc1ccc(C2CC(=O)Oc3cc4c(c(O)c32)C(=O)O[C@@H](C)CCCC(=O)CCCC=C4)c(OC)c1. The molecule has 8 heteroatoms. The molecule has 8 nitrogen and oxygen atoms in total. The Morgan fingerprint density at radius 2 is 1.81 bits per heavy atom. The number of carbonyl (C=O) groups excluding carboxylic acids is 3. The van der Waals surface area contributed by atoms with Crippen LogP contribution in [0.1, 0.15) is 84.8 Å². The van der Waals surface area contributed by atoms with E-state index in [1.165, 1.54) is 7.11 Å². The lowest BCUT2D eigenvalue weighted by atomic mass is 9.83. The van der Waals surface area contributed by atoms with Crippen molar-refractivity contribution in [2.75, 3.05) is 14.2 Å². The number of phenols is 1. The maximum absolute atomic E-state index is 13.3. The monoisotopic (exact) mass is 508 g/mol. The fourth-order valence-corrected chi connectivity index (χ4v) is 4.89. The van der Waals surface area contributed by atoms with Gasteiger partial charge in [0.2, 0.25) is 0 Å². The maximum atomic E-state index is 13.3. The molecule has 0 spiro atoms. The van der Waals surface area contributed by atoms with E-state index in [-0.39, 0.29) is 29.3 Å². The summed E-state index contributed by atoms with van der Waals surface area (Å²) in [5.74, 6) is -0.600. The van der Waals surface area contributed by atoms with Gasteiger partial charge in [-0.15, -0.1) is 0 Å². The van der Waals surface area contributed by atoms with Crippen molar-refractivity contribution in [3.63, 3.8) is 0 Å². The smallest absolute Gasteiger partial charge is 0.342 e. The van der Waals surface area contributed by atoms with Crippen LogP contribution in [-0.4, -0.2) is 43.2 Å². The topological polar surface area (TPSA) is 108 Å². The normalized spacial score (nSPS) is 20.7. The van der Waals surface area contributed by atoms with Crippen molar-refractivity contribution in [3.8, 4) is 23.0 Å². The van der Waals surface area contributed by atoms with Crippen LogP contribution in [0.25, 0.3) is 6.08 Å². The molecule has 2 aromatic rings. The molecule has 37 heavy (non-hydrogen) atoms. The van der Waals surface area contributed by atoms with E-state index in [9.17, 15) is 19.5 Å². The molecule has 0 fully saturated rings. The highest BCUT2D eigenvalue weighted by molar-refractivity contribution is 5.98. The lowest BCUT2D eigenvalue weighted by Crippen LogP contribution is -2.23. The van der Waals surface area contributed by atoms with Crippen LogP contribution in [0.15, 0.2) is 30.3 Å². The first-order valence-electron chi connectivity index (χ1n) is 12.5. The Morgan fingerprint density at radius 3 is 2.57 bits per heavy atom. The number of Topliss-reactive ketones (excluding diaryl/α,β-unsaturated/α-hetero) is 1. The van der Waals surface area contributed by atoms with Crippen LogP contribution in [0, 0.1) is 0 Å². The number of aromatic hydroxyl groups is 1. The Bertz CT molecular complexity index is 1230. The Labute approximate surface area is 216 Å². The number of ether oxygens (including phenoxy) is 4. The van der Waals surface area contributed by atoms with Crippen molar-refractivity contribution in [1.82, 2.24) is 0 Å². The van der Waals surface area contributed by atoms with E-state index >= 15 is 0 Å². The minimum atomic E-state index is -0.673. The van der Waals surface area contributed by atoms with Gasteiger partial charge in [0.1, 0.15) is 34.3 Å². The molecule has 0 amide bonds. The molecule has 0 aliphatic carbocycles. The number of hydrogen-bond donors (Lipinski definition) is 1. The molecular weight excluding hydrogens is 476 g/mol. The molecule has 2 aliphatic rings. The molecule has 0 radical (unpaired) electrons. The summed E-state index contributed by atoms with van der Waals surface area (Å²) in [6.45, 7) is 1.77. The predicted octanol–water partition coefficient (Wildman–Crippen LogP) is 5.33. The van der Waals surface area contributed by atoms with Gasteiger partial charge in [-0.1, -0.05) is 18.2 Å². The van der Waals surface area contributed by atoms with Gasteiger partial charge >= 0.3 is 11.9 Å². The third kappa shape index (κ3) is 5.79. The highest BCUT2D eigenvalue weighted by Crippen LogP contribution is 2.49. The van der Waals surface area contributed by atoms with Crippen molar-refractivity contribution in [2.45, 2.75) is 63.9 Å². The fourth-order valence-electron chi connectivity index (χ4n) is 4.89. The standard InChI is InChI=1S/C29H32O8/c1-17-8-7-11-19(30)10-6-4-5-9-18-14-24-27(28(32)26(18)29(33)36-17)22(16-25(31)37-24)21-13-12-20(34-2)15-23(21)35-3/h5,9,12-15,17,22,32H,4,6-8,10-11,16H2,1-3H3/t17-,22?/m0/s1. The van der Waals surface area contributed by atoms with E-state index < -0.39 is 24.0 Å². The number of benzene rings is 2. The van der Waals surface area contributed by atoms with E-state index in [1.807, 2.05) is 6.08 Å². The van der Waals surface area contributed by atoms with Gasteiger partial charge in [-0.2, -0.15) is 0 Å². The summed E-state index contributed by atoms with van der Waals surface area (Å²) in [6.07, 6.45) is 6.48. The summed E-state index contributed by atoms with van der Waals surface area (Å²) in [5, 5.41) is 11.5. The van der Waals surface area contributed by atoms with Crippen LogP contribution in [0.4, 0.5) is 0 Å². The summed E-state index contributed by atoms with van der Waals surface area (Å²) < 4.78 is 22.1.